The van der Waals surface area contributed by atoms with Crippen LogP contribution in [0.1, 0.15) is 4.88 Å². The minimum absolute atomic E-state index is 0.608. The van der Waals surface area contributed by atoms with Crippen LogP contribution >= 0.6 is 11.3 Å². The summed E-state index contributed by atoms with van der Waals surface area (Å²) >= 11 is 1.72. The molecule has 1 N–H and O–H groups in total. The Balaban J connectivity index is 1.99. The van der Waals surface area contributed by atoms with Gasteiger partial charge in [0.05, 0.1) is 0 Å². The molecule has 1 aliphatic heterocycles. The predicted molar refractivity (Wildman–Crippen MR) is 65.0 cm³/mol. The zero-order valence-corrected chi connectivity index (χ0v) is 10.4. The second kappa shape index (κ2) is 5.05. The van der Waals surface area contributed by atoms with E-state index < -0.39 is 10.8 Å². The third-order valence-corrected chi connectivity index (χ3v) is 4.67. The number of aromatic nitrogens is 1. The lowest BCUT2D eigenvalue weighted by atomic mass is 10.5. The molecule has 0 radical (unpaired) electrons. The Morgan fingerprint density at radius 1 is 1.60 bits per heavy atom. The van der Waals surface area contributed by atoms with E-state index in [1.54, 1.807) is 11.3 Å². The molecule has 2 heterocycles. The second-order valence-electron chi connectivity index (χ2n) is 3.47. The largest absolute Gasteiger partial charge is 0.346 e. The third kappa shape index (κ3) is 2.76. The summed E-state index contributed by atoms with van der Waals surface area (Å²) in [6.45, 7) is 2.62. The standard InChI is InChI=1S/C9H15N3OS2/c1-10-6-8-7-11-9(14-8)12-2-4-15(13)5-3-12/h7,10H,2-6H2,1H3. The third-order valence-electron chi connectivity index (χ3n) is 2.34. The lowest BCUT2D eigenvalue weighted by Crippen LogP contribution is -2.37. The maximum atomic E-state index is 11.2. The van der Waals surface area contributed by atoms with E-state index in [4.69, 9.17) is 0 Å². The van der Waals surface area contributed by atoms with Crippen molar-refractivity contribution >= 4 is 27.3 Å². The van der Waals surface area contributed by atoms with Crippen molar-refractivity contribution in [3.05, 3.63) is 11.1 Å². The van der Waals surface area contributed by atoms with Gasteiger partial charge in [-0.1, -0.05) is 0 Å². The highest BCUT2D eigenvalue weighted by molar-refractivity contribution is 7.85. The Labute approximate surface area is 96.2 Å². The van der Waals surface area contributed by atoms with Crippen LogP contribution < -0.4 is 10.2 Å². The smallest absolute Gasteiger partial charge is 0.185 e. The number of rotatable bonds is 3. The summed E-state index contributed by atoms with van der Waals surface area (Å²) < 4.78 is 11.2. The molecule has 84 valence electrons. The van der Waals surface area contributed by atoms with Crippen molar-refractivity contribution in [1.29, 1.82) is 0 Å². The van der Waals surface area contributed by atoms with Crippen LogP contribution in [0.4, 0.5) is 5.13 Å². The summed E-state index contributed by atoms with van der Waals surface area (Å²) in [7, 11) is 1.33. The Kier molecular flexibility index (Phi) is 3.71. The van der Waals surface area contributed by atoms with E-state index in [9.17, 15) is 4.21 Å². The zero-order valence-electron chi connectivity index (χ0n) is 8.73. The highest BCUT2D eigenvalue weighted by atomic mass is 32.2. The highest BCUT2D eigenvalue weighted by Gasteiger charge is 2.17. The fourth-order valence-electron chi connectivity index (χ4n) is 1.53. The van der Waals surface area contributed by atoms with E-state index in [0.717, 1.165) is 36.3 Å². The van der Waals surface area contributed by atoms with Crippen molar-refractivity contribution in [2.75, 3.05) is 36.5 Å². The fraction of sp³-hybridized carbons (Fsp3) is 0.667. The van der Waals surface area contributed by atoms with E-state index in [0.29, 0.717) is 0 Å². The molecule has 0 bridgehead atoms. The monoisotopic (exact) mass is 245 g/mol. The number of nitrogens with one attached hydrogen (secondary N) is 1. The zero-order chi connectivity index (χ0) is 10.7. The lowest BCUT2D eigenvalue weighted by molar-refractivity contribution is 0.673. The summed E-state index contributed by atoms with van der Waals surface area (Å²) in [5.41, 5.74) is 0. The molecule has 0 unspecified atom stereocenters. The van der Waals surface area contributed by atoms with Gasteiger partial charge in [0.2, 0.25) is 0 Å². The number of hydrogen-bond acceptors (Lipinski definition) is 5. The van der Waals surface area contributed by atoms with Crippen LogP contribution in [0.25, 0.3) is 0 Å². The van der Waals surface area contributed by atoms with Crippen LogP contribution in [-0.2, 0) is 17.3 Å². The van der Waals surface area contributed by atoms with Crippen molar-refractivity contribution < 1.29 is 4.21 Å². The fourth-order valence-corrected chi connectivity index (χ4v) is 3.55. The first-order valence-electron chi connectivity index (χ1n) is 4.99. The maximum absolute atomic E-state index is 11.2. The average Bonchev–Trinajstić information content (AvgIpc) is 2.68. The van der Waals surface area contributed by atoms with Gasteiger partial charge in [-0.15, -0.1) is 11.3 Å². The van der Waals surface area contributed by atoms with Crippen LogP contribution in [0.5, 0.6) is 0 Å². The molecule has 1 fully saturated rings. The molecule has 1 aromatic heterocycles. The van der Waals surface area contributed by atoms with Gasteiger partial charge in [0.25, 0.3) is 0 Å². The minimum Gasteiger partial charge on any atom is -0.346 e. The van der Waals surface area contributed by atoms with Crippen LogP contribution in [0.15, 0.2) is 6.20 Å². The van der Waals surface area contributed by atoms with Gasteiger partial charge in [-0.3, -0.25) is 4.21 Å². The van der Waals surface area contributed by atoms with Crippen molar-refractivity contribution in [2.45, 2.75) is 6.54 Å². The van der Waals surface area contributed by atoms with Crippen LogP contribution in [0.3, 0.4) is 0 Å². The molecule has 1 aromatic rings. The van der Waals surface area contributed by atoms with E-state index in [1.807, 2.05) is 13.2 Å². The second-order valence-corrected chi connectivity index (χ2v) is 6.26. The van der Waals surface area contributed by atoms with Gasteiger partial charge >= 0.3 is 0 Å². The first-order valence-corrected chi connectivity index (χ1v) is 7.29. The van der Waals surface area contributed by atoms with Crippen LogP contribution in [-0.4, -0.2) is 40.8 Å². The number of anilines is 1. The normalized spacial score (nSPS) is 18.3. The van der Waals surface area contributed by atoms with Crippen LogP contribution in [0, 0.1) is 0 Å². The minimum atomic E-state index is -0.608. The molecular weight excluding hydrogens is 230 g/mol. The van der Waals surface area contributed by atoms with Gasteiger partial charge < -0.3 is 10.2 Å². The Morgan fingerprint density at radius 3 is 3.00 bits per heavy atom. The molecule has 1 aliphatic rings. The van der Waals surface area contributed by atoms with Crippen molar-refractivity contribution in [3.63, 3.8) is 0 Å². The maximum Gasteiger partial charge on any atom is 0.185 e. The highest BCUT2D eigenvalue weighted by Crippen LogP contribution is 2.23. The Morgan fingerprint density at radius 2 is 2.33 bits per heavy atom. The van der Waals surface area contributed by atoms with E-state index >= 15 is 0 Å². The topological polar surface area (TPSA) is 45.2 Å². The van der Waals surface area contributed by atoms with Gasteiger partial charge in [0, 0.05) is 53.0 Å². The van der Waals surface area contributed by atoms with Crippen molar-refractivity contribution in [3.8, 4) is 0 Å². The summed E-state index contributed by atoms with van der Waals surface area (Å²) in [5, 5.41) is 4.18. The molecule has 6 heteroatoms. The summed E-state index contributed by atoms with van der Waals surface area (Å²) in [6.07, 6.45) is 1.92. The quantitative estimate of drug-likeness (QED) is 0.839. The molecule has 0 saturated carbocycles. The summed E-state index contributed by atoms with van der Waals surface area (Å²) in [5.74, 6) is 1.56. The Bertz CT molecular complexity index is 343. The van der Waals surface area contributed by atoms with Crippen molar-refractivity contribution in [1.82, 2.24) is 10.3 Å². The molecular formula is C9H15N3OS2. The SMILES string of the molecule is CNCc1cnc(N2CCS(=O)CC2)s1. The van der Waals surface area contributed by atoms with Gasteiger partial charge in [0.1, 0.15) is 0 Å². The first kappa shape index (κ1) is 11.0. The van der Waals surface area contributed by atoms with Crippen molar-refractivity contribution in [2.24, 2.45) is 0 Å². The molecule has 1 saturated heterocycles. The molecule has 2 rings (SSSR count). The molecule has 4 nitrogen and oxygen atoms in total. The van der Waals surface area contributed by atoms with E-state index in [-0.39, 0.29) is 0 Å². The van der Waals surface area contributed by atoms with Crippen LogP contribution in [0.2, 0.25) is 0 Å². The molecule has 0 atom stereocenters. The van der Waals surface area contributed by atoms with E-state index in [1.165, 1.54) is 4.88 Å². The number of nitrogens with zero attached hydrogens (tertiary/aromatic N) is 2. The van der Waals surface area contributed by atoms with E-state index in [2.05, 4.69) is 15.2 Å². The molecule has 15 heavy (non-hydrogen) atoms. The molecule has 0 spiro atoms. The number of thiazole rings is 1. The predicted octanol–water partition coefficient (Wildman–Crippen LogP) is 0.431. The lowest BCUT2D eigenvalue weighted by Gasteiger charge is -2.25. The average molecular weight is 245 g/mol. The number of hydrogen-bond donors (Lipinski definition) is 1. The van der Waals surface area contributed by atoms with Gasteiger partial charge in [-0.25, -0.2) is 4.98 Å². The van der Waals surface area contributed by atoms with Gasteiger partial charge in [-0.2, -0.15) is 0 Å². The molecule has 0 aromatic carbocycles. The molecule has 0 aliphatic carbocycles. The summed E-state index contributed by atoms with van der Waals surface area (Å²) in [6, 6.07) is 0. The first-order chi connectivity index (χ1) is 7.29. The molecule has 0 amide bonds. The Hall–Kier alpha value is -0.460. The van der Waals surface area contributed by atoms with Gasteiger partial charge in [-0.05, 0) is 7.05 Å². The van der Waals surface area contributed by atoms with Gasteiger partial charge in [0.15, 0.2) is 5.13 Å². The summed E-state index contributed by atoms with van der Waals surface area (Å²) in [4.78, 5) is 7.87.